The van der Waals surface area contributed by atoms with E-state index in [4.69, 9.17) is 0 Å². The van der Waals surface area contributed by atoms with Crippen molar-refractivity contribution in [2.75, 3.05) is 0 Å². The Hall–Kier alpha value is -0.520. The summed E-state index contributed by atoms with van der Waals surface area (Å²) in [6, 6.07) is 0. The highest BCUT2D eigenvalue weighted by atomic mass is 14.4. The number of hydrogen-bond donors (Lipinski definition) is 0. The minimum atomic E-state index is 0.879. The normalized spacial score (nSPS) is 41.9. The summed E-state index contributed by atoms with van der Waals surface area (Å²) < 4.78 is 0. The van der Waals surface area contributed by atoms with Gasteiger partial charge in [-0.2, -0.15) is 0 Å². The van der Waals surface area contributed by atoms with Gasteiger partial charge in [-0.1, -0.05) is 37.1 Å². The average molecular weight is 229 g/mol. The molecule has 0 nitrogen and oxygen atoms in total. The van der Waals surface area contributed by atoms with E-state index in [0.717, 1.165) is 23.7 Å². The van der Waals surface area contributed by atoms with Crippen LogP contribution < -0.4 is 0 Å². The van der Waals surface area contributed by atoms with Crippen LogP contribution in [0.4, 0.5) is 0 Å². The molecular formula is C17H25. The second kappa shape index (κ2) is 5.42. The van der Waals surface area contributed by atoms with Crippen LogP contribution in [0.3, 0.4) is 0 Å². The maximum atomic E-state index is 2.54. The second-order valence-electron chi connectivity index (χ2n) is 6.18. The molecule has 0 aliphatic heterocycles. The maximum Gasteiger partial charge on any atom is -0.0168 e. The molecule has 0 N–H and O–H groups in total. The summed E-state index contributed by atoms with van der Waals surface area (Å²) in [5.41, 5.74) is 0. The molecule has 0 aromatic carbocycles. The summed E-state index contributed by atoms with van der Waals surface area (Å²) in [5, 5.41) is 0. The van der Waals surface area contributed by atoms with Gasteiger partial charge in [0.1, 0.15) is 0 Å². The van der Waals surface area contributed by atoms with Gasteiger partial charge >= 0.3 is 0 Å². The largest absolute Gasteiger partial charge is 0.0843 e. The Morgan fingerprint density at radius 1 is 0.824 bits per heavy atom. The molecule has 4 atom stereocenters. The molecule has 0 aromatic heterocycles. The molecule has 2 fully saturated rings. The van der Waals surface area contributed by atoms with Crippen molar-refractivity contribution in [3.05, 3.63) is 30.7 Å². The van der Waals surface area contributed by atoms with Crippen LogP contribution in [0.25, 0.3) is 0 Å². The van der Waals surface area contributed by atoms with Crippen LogP contribution >= 0.6 is 0 Å². The molecule has 2 saturated carbocycles. The van der Waals surface area contributed by atoms with E-state index in [2.05, 4.69) is 30.7 Å². The fourth-order valence-corrected chi connectivity index (χ4v) is 4.38. The number of fused-ring (bicyclic) bond motifs is 3. The molecule has 0 bridgehead atoms. The van der Waals surface area contributed by atoms with Gasteiger partial charge in [0.2, 0.25) is 0 Å². The van der Waals surface area contributed by atoms with E-state index < -0.39 is 0 Å². The first kappa shape index (κ1) is 11.6. The van der Waals surface area contributed by atoms with Crippen molar-refractivity contribution < 1.29 is 0 Å². The molecule has 0 aromatic rings. The summed E-state index contributed by atoms with van der Waals surface area (Å²) in [4.78, 5) is 0. The first-order valence-corrected chi connectivity index (χ1v) is 7.60. The van der Waals surface area contributed by atoms with Crippen LogP contribution in [0.2, 0.25) is 0 Å². The number of allylic oxidation sites excluding steroid dienone is 4. The van der Waals surface area contributed by atoms with E-state index in [1.807, 2.05) is 0 Å². The lowest BCUT2D eigenvalue weighted by atomic mass is 9.73. The van der Waals surface area contributed by atoms with Crippen LogP contribution in [-0.2, 0) is 0 Å². The summed E-state index contributed by atoms with van der Waals surface area (Å²) in [7, 11) is 0. The van der Waals surface area contributed by atoms with E-state index in [1.54, 1.807) is 0 Å². The van der Waals surface area contributed by atoms with Crippen LogP contribution in [0.5, 0.6) is 0 Å². The molecule has 3 aliphatic carbocycles. The Balaban J connectivity index is 1.83. The average Bonchev–Trinajstić information content (AvgIpc) is 2.72. The fraction of sp³-hybridized carbons (Fsp3) is 0.706. The Morgan fingerprint density at radius 2 is 1.71 bits per heavy atom. The van der Waals surface area contributed by atoms with E-state index in [1.165, 1.54) is 51.4 Å². The summed E-state index contributed by atoms with van der Waals surface area (Å²) in [6.07, 6.45) is 23.5. The standard InChI is InChI=1S/C17H25/c1-3-8-14-10-7-11-15-9-4-2-6-13-17(15)16(14)12-5-1/h1-3,5,12,14-17H,4,6-11,13H2. The zero-order chi connectivity index (χ0) is 11.5. The van der Waals surface area contributed by atoms with Gasteiger partial charge in [0.25, 0.3) is 0 Å². The van der Waals surface area contributed by atoms with Crippen molar-refractivity contribution in [1.82, 2.24) is 0 Å². The lowest BCUT2D eigenvalue weighted by molar-refractivity contribution is 0.209. The molecule has 0 heteroatoms. The van der Waals surface area contributed by atoms with Crippen molar-refractivity contribution in [3.8, 4) is 0 Å². The molecule has 1 radical (unpaired) electrons. The van der Waals surface area contributed by atoms with Gasteiger partial charge in [-0.05, 0) is 68.6 Å². The number of rotatable bonds is 0. The van der Waals surface area contributed by atoms with Crippen molar-refractivity contribution in [2.45, 2.75) is 51.4 Å². The van der Waals surface area contributed by atoms with Gasteiger partial charge in [0, 0.05) is 0 Å². The van der Waals surface area contributed by atoms with Crippen molar-refractivity contribution in [3.63, 3.8) is 0 Å². The van der Waals surface area contributed by atoms with Gasteiger partial charge in [-0.25, -0.2) is 0 Å². The highest BCUT2D eigenvalue weighted by Crippen LogP contribution is 2.45. The van der Waals surface area contributed by atoms with Gasteiger partial charge < -0.3 is 0 Å². The van der Waals surface area contributed by atoms with E-state index in [-0.39, 0.29) is 0 Å². The van der Waals surface area contributed by atoms with Gasteiger partial charge in [-0.15, -0.1) is 0 Å². The highest BCUT2D eigenvalue weighted by Gasteiger charge is 2.35. The summed E-state index contributed by atoms with van der Waals surface area (Å²) in [5.74, 6) is 3.82. The minimum absolute atomic E-state index is 0.879. The molecule has 0 spiro atoms. The lowest BCUT2D eigenvalue weighted by Gasteiger charge is -2.32. The molecule has 0 saturated heterocycles. The lowest BCUT2D eigenvalue weighted by Crippen LogP contribution is -2.24. The first-order valence-electron chi connectivity index (χ1n) is 7.60. The Kier molecular flexibility index (Phi) is 3.68. The van der Waals surface area contributed by atoms with Crippen LogP contribution in [0.15, 0.2) is 24.3 Å². The van der Waals surface area contributed by atoms with E-state index >= 15 is 0 Å². The monoisotopic (exact) mass is 229 g/mol. The molecule has 93 valence electrons. The van der Waals surface area contributed by atoms with Crippen LogP contribution in [0, 0.1) is 30.1 Å². The molecule has 0 heterocycles. The summed E-state index contributed by atoms with van der Waals surface area (Å²) in [6.45, 7) is 0. The first-order chi connectivity index (χ1) is 8.45. The van der Waals surface area contributed by atoms with Crippen LogP contribution in [0.1, 0.15) is 51.4 Å². The summed E-state index contributed by atoms with van der Waals surface area (Å²) >= 11 is 0. The van der Waals surface area contributed by atoms with Gasteiger partial charge in [-0.3, -0.25) is 0 Å². The molecular weight excluding hydrogens is 204 g/mol. The Bertz CT molecular complexity index is 299. The third-order valence-corrected chi connectivity index (χ3v) is 5.26. The maximum absolute atomic E-state index is 2.54. The molecule has 3 rings (SSSR count). The van der Waals surface area contributed by atoms with Gasteiger partial charge in [0.15, 0.2) is 0 Å². The third-order valence-electron chi connectivity index (χ3n) is 5.26. The topological polar surface area (TPSA) is 0 Å². The van der Waals surface area contributed by atoms with Crippen molar-refractivity contribution >= 4 is 0 Å². The number of hydrogen-bond acceptors (Lipinski definition) is 0. The quantitative estimate of drug-likeness (QED) is 0.552. The van der Waals surface area contributed by atoms with Crippen molar-refractivity contribution in [2.24, 2.45) is 23.7 Å². The Labute approximate surface area is 106 Å². The fourth-order valence-electron chi connectivity index (χ4n) is 4.38. The Morgan fingerprint density at radius 3 is 2.71 bits per heavy atom. The molecule has 0 amide bonds. The van der Waals surface area contributed by atoms with E-state index in [9.17, 15) is 0 Å². The van der Waals surface area contributed by atoms with E-state index in [0.29, 0.717) is 0 Å². The zero-order valence-electron chi connectivity index (χ0n) is 10.9. The predicted octanol–water partition coefficient (Wildman–Crippen LogP) is 4.93. The molecule has 17 heavy (non-hydrogen) atoms. The molecule has 3 aliphatic rings. The van der Waals surface area contributed by atoms with Crippen molar-refractivity contribution in [1.29, 1.82) is 0 Å². The smallest absolute Gasteiger partial charge is 0.0168 e. The van der Waals surface area contributed by atoms with Gasteiger partial charge in [0.05, 0.1) is 0 Å². The second-order valence-corrected chi connectivity index (χ2v) is 6.18. The SMILES string of the molecule is [CH]1CCC2CCCC3CC=CC=CC3C2CC1. The zero-order valence-corrected chi connectivity index (χ0v) is 10.9. The van der Waals surface area contributed by atoms with Crippen LogP contribution in [-0.4, -0.2) is 0 Å². The molecule has 4 unspecified atom stereocenters. The predicted molar refractivity (Wildman–Crippen MR) is 73.5 cm³/mol. The highest BCUT2D eigenvalue weighted by molar-refractivity contribution is 5.12. The minimum Gasteiger partial charge on any atom is -0.0843 e. The third kappa shape index (κ3) is 2.51.